The molecular weight excluding hydrogens is 510 g/mol. The Morgan fingerprint density at radius 2 is 1.57 bits per heavy atom. The van der Waals surface area contributed by atoms with Crippen molar-refractivity contribution in [3.63, 3.8) is 0 Å². The van der Waals surface area contributed by atoms with E-state index in [9.17, 15) is 0 Å². The molecule has 5 heteroatoms. The summed E-state index contributed by atoms with van der Waals surface area (Å²) in [5, 5.41) is 1.13. The van der Waals surface area contributed by atoms with Crippen molar-refractivity contribution in [3.8, 4) is 17.0 Å². The summed E-state index contributed by atoms with van der Waals surface area (Å²) in [7, 11) is 1.69. The molecule has 1 spiro atoms. The first-order valence-corrected chi connectivity index (χ1v) is 15.5. The zero-order valence-corrected chi connectivity index (χ0v) is 24.6. The van der Waals surface area contributed by atoms with Crippen LogP contribution in [-0.2, 0) is 6.42 Å². The largest absolute Gasteiger partial charge is 0.497 e. The van der Waals surface area contributed by atoms with Gasteiger partial charge in [0.1, 0.15) is 5.75 Å². The molecule has 0 bridgehead atoms. The summed E-state index contributed by atoms with van der Waals surface area (Å²) in [5.74, 6) is 0.879. The van der Waals surface area contributed by atoms with Crippen LogP contribution < -0.4 is 9.64 Å². The highest BCUT2D eigenvalue weighted by Crippen LogP contribution is 2.45. The van der Waals surface area contributed by atoms with Gasteiger partial charge in [-0.1, -0.05) is 55.7 Å². The third-order valence-corrected chi connectivity index (χ3v) is 9.83. The molecule has 40 heavy (non-hydrogen) atoms. The molecule has 0 atom stereocenters. The fraction of sp³-hybridized carbons (Fsp3) is 0.371. The lowest BCUT2D eigenvalue weighted by Gasteiger charge is -2.45. The SMILES string of the molecule is COc1ccc(Cc2nc(-c3ccc(N=Cc4ccc(N5CCC6(CCCCC6)CC5)cc4)cc3)c(C)s2)cc1. The minimum atomic E-state index is 0.647. The van der Waals surface area contributed by atoms with Gasteiger partial charge < -0.3 is 9.64 Å². The quantitative estimate of drug-likeness (QED) is 0.216. The molecule has 0 radical (unpaired) electrons. The normalized spacial score (nSPS) is 17.0. The first kappa shape index (κ1) is 26.8. The molecule has 6 rings (SSSR count). The average molecular weight is 550 g/mol. The Hall–Kier alpha value is -3.44. The van der Waals surface area contributed by atoms with E-state index >= 15 is 0 Å². The average Bonchev–Trinajstić information content (AvgIpc) is 3.37. The number of ether oxygens (including phenoxy) is 1. The summed E-state index contributed by atoms with van der Waals surface area (Å²) < 4.78 is 5.27. The number of benzene rings is 3. The molecule has 1 saturated carbocycles. The molecule has 1 saturated heterocycles. The van der Waals surface area contributed by atoms with Gasteiger partial charge in [-0.05, 0) is 85.5 Å². The number of methoxy groups -OCH3 is 1. The number of hydrogen-bond acceptors (Lipinski definition) is 5. The minimum absolute atomic E-state index is 0.647. The maximum atomic E-state index is 5.27. The topological polar surface area (TPSA) is 37.7 Å². The number of nitrogens with zero attached hydrogens (tertiary/aromatic N) is 3. The molecule has 1 aromatic heterocycles. The Morgan fingerprint density at radius 3 is 2.25 bits per heavy atom. The van der Waals surface area contributed by atoms with E-state index in [1.165, 1.54) is 74.2 Å². The molecule has 4 nitrogen and oxygen atoms in total. The number of aliphatic imine (C=N–C) groups is 1. The number of thiazole rings is 1. The second-order valence-electron chi connectivity index (χ2n) is 11.5. The molecule has 0 amide bonds. The van der Waals surface area contributed by atoms with E-state index in [1.807, 2.05) is 18.3 Å². The molecular formula is C35H39N3OS. The van der Waals surface area contributed by atoms with Crippen LogP contribution in [0.15, 0.2) is 77.8 Å². The molecule has 3 aromatic carbocycles. The van der Waals surface area contributed by atoms with Gasteiger partial charge in [0, 0.05) is 41.9 Å². The molecule has 2 aliphatic rings. The Morgan fingerprint density at radius 1 is 0.875 bits per heavy atom. The fourth-order valence-electron chi connectivity index (χ4n) is 6.38. The molecule has 2 fully saturated rings. The first-order valence-electron chi connectivity index (χ1n) is 14.7. The predicted molar refractivity (Wildman–Crippen MR) is 169 cm³/mol. The highest BCUT2D eigenvalue weighted by atomic mass is 32.1. The van der Waals surface area contributed by atoms with E-state index in [0.717, 1.165) is 39.7 Å². The maximum Gasteiger partial charge on any atom is 0.118 e. The van der Waals surface area contributed by atoms with E-state index in [-0.39, 0.29) is 0 Å². The van der Waals surface area contributed by atoms with E-state index in [4.69, 9.17) is 14.7 Å². The van der Waals surface area contributed by atoms with Crippen LogP contribution in [0.4, 0.5) is 11.4 Å². The van der Waals surface area contributed by atoms with Crippen molar-refractivity contribution in [2.75, 3.05) is 25.1 Å². The monoisotopic (exact) mass is 549 g/mol. The summed E-state index contributed by atoms with van der Waals surface area (Å²) in [5.41, 5.74) is 7.51. The standard InChI is InChI=1S/C35H39N3OS/c1-26-34(37-33(40-26)24-27-8-16-32(39-2)17-9-27)29-10-12-30(13-11-29)36-25-28-6-14-31(15-7-28)38-22-20-35(21-23-38)18-4-3-5-19-35/h6-17,25H,3-5,18-24H2,1-2H3. The van der Waals surface area contributed by atoms with Crippen molar-refractivity contribution < 1.29 is 4.74 Å². The third kappa shape index (κ3) is 6.15. The van der Waals surface area contributed by atoms with Crippen LogP contribution >= 0.6 is 11.3 Å². The lowest BCUT2D eigenvalue weighted by atomic mass is 9.68. The van der Waals surface area contributed by atoms with Crippen LogP contribution in [0.25, 0.3) is 11.3 Å². The van der Waals surface area contributed by atoms with Crippen LogP contribution in [0, 0.1) is 12.3 Å². The fourth-order valence-corrected chi connectivity index (χ4v) is 7.37. The van der Waals surface area contributed by atoms with Gasteiger partial charge in [0.25, 0.3) is 0 Å². The highest BCUT2D eigenvalue weighted by molar-refractivity contribution is 7.12. The Kier molecular flexibility index (Phi) is 8.01. The van der Waals surface area contributed by atoms with Gasteiger partial charge in [-0.25, -0.2) is 4.98 Å². The van der Waals surface area contributed by atoms with Gasteiger partial charge in [0.2, 0.25) is 0 Å². The molecule has 1 aliphatic heterocycles. The van der Waals surface area contributed by atoms with Gasteiger partial charge in [-0.15, -0.1) is 11.3 Å². The Labute approximate surface area is 242 Å². The van der Waals surface area contributed by atoms with Crippen molar-refractivity contribution >= 4 is 28.9 Å². The van der Waals surface area contributed by atoms with Crippen molar-refractivity contribution in [2.45, 2.75) is 58.3 Å². The third-order valence-electron chi connectivity index (χ3n) is 8.86. The number of aromatic nitrogens is 1. The molecule has 0 unspecified atom stereocenters. The number of rotatable bonds is 7. The Balaban J connectivity index is 1.05. The molecule has 1 aliphatic carbocycles. The van der Waals surface area contributed by atoms with Crippen LogP contribution in [0.5, 0.6) is 5.75 Å². The smallest absolute Gasteiger partial charge is 0.118 e. The van der Waals surface area contributed by atoms with Crippen LogP contribution in [0.2, 0.25) is 0 Å². The van der Waals surface area contributed by atoms with E-state index in [2.05, 4.69) is 72.5 Å². The van der Waals surface area contributed by atoms with Gasteiger partial charge in [0.15, 0.2) is 0 Å². The van der Waals surface area contributed by atoms with E-state index in [1.54, 1.807) is 18.4 Å². The lowest BCUT2D eigenvalue weighted by Crippen LogP contribution is -2.41. The van der Waals surface area contributed by atoms with Crippen LogP contribution in [0.3, 0.4) is 0 Å². The van der Waals surface area contributed by atoms with Crippen molar-refractivity contribution in [2.24, 2.45) is 10.4 Å². The second-order valence-corrected chi connectivity index (χ2v) is 12.8. The molecule has 4 aromatic rings. The molecule has 2 heterocycles. The van der Waals surface area contributed by atoms with E-state index in [0.29, 0.717) is 5.41 Å². The summed E-state index contributed by atoms with van der Waals surface area (Å²) in [6.07, 6.45) is 12.7. The van der Waals surface area contributed by atoms with Gasteiger partial charge in [0.05, 0.1) is 23.5 Å². The zero-order valence-electron chi connectivity index (χ0n) is 23.7. The van der Waals surface area contributed by atoms with Gasteiger partial charge in [-0.3, -0.25) is 4.99 Å². The van der Waals surface area contributed by atoms with Crippen molar-refractivity contribution in [1.82, 2.24) is 4.98 Å². The summed E-state index contributed by atoms with van der Waals surface area (Å²) in [6, 6.07) is 25.6. The van der Waals surface area contributed by atoms with E-state index < -0.39 is 0 Å². The van der Waals surface area contributed by atoms with Gasteiger partial charge in [-0.2, -0.15) is 0 Å². The summed E-state index contributed by atoms with van der Waals surface area (Å²) >= 11 is 1.77. The second kappa shape index (κ2) is 12.0. The van der Waals surface area contributed by atoms with Gasteiger partial charge >= 0.3 is 0 Å². The number of piperidine rings is 1. The number of aryl methyl sites for hydroxylation is 1. The Bertz CT molecular complexity index is 1420. The summed E-state index contributed by atoms with van der Waals surface area (Å²) in [4.78, 5) is 13.5. The highest BCUT2D eigenvalue weighted by Gasteiger charge is 2.35. The molecule has 206 valence electrons. The summed E-state index contributed by atoms with van der Waals surface area (Å²) in [6.45, 7) is 4.54. The van der Waals surface area contributed by atoms with Crippen molar-refractivity contribution in [1.29, 1.82) is 0 Å². The zero-order chi connectivity index (χ0) is 27.4. The maximum absolute atomic E-state index is 5.27. The van der Waals surface area contributed by atoms with Crippen molar-refractivity contribution in [3.05, 3.63) is 93.8 Å². The number of hydrogen-bond donors (Lipinski definition) is 0. The lowest BCUT2D eigenvalue weighted by molar-refractivity contribution is 0.144. The van der Waals surface area contributed by atoms with Crippen LogP contribution in [-0.4, -0.2) is 31.4 Å². The minimum Gasteiger partial charge on any atom is -0.497 e. The van der Waals surface area contributed by atoms with Crippen LogP contribution in [0.1, 0.15) is 66.0 Å². The first-order chi connectivity index (χ1) is 19.6. The molecule has 0 N–H and O–H groups in total. The number of anilines is 1. The predicted octanol–water partition coefficient (Wildman–Crippen LogP) is 9.02.